The number of hydrogen-bond donors (Lipinski definition) is 0. The van der Waals surface area contributed by atoms with Crippen molar-refractivity contribution in [1.82, 2.24) is 4.98 Å². The fourth-order valence-electron chi connectivity index (χ4n) is 3.16. The first-order valence-corrected chi connectivity index (χ1v) is 9.11. The Hall–Kier alpha value is -3.39. The maximum atomic E-state index is 4.94. The molecule has 0 saturated heterocycles. The van der Waals surface area contributed by atoms with Gasteiger partial charge in [0.1, 0.15) is 0 Å². The molecule has 0 radical (unpaired) electrons. The lowest BCUT2D eigenvalue weighted by Gasteiger charge is -2.14. The fraction of sp³-hybridized carbons (Fsp3) is 0.0800. The predicted octanol–water partition coefficient (Wildman–Crippen LogP) is 6.15. The SMILES string of the molecule is CN(C)c1ccc(-c2cc(-c3ccccc3)nc(-c3ccccc3)c2)cc1. The molecular weight excluding hydrogens is 328 g/mol. The Labute approximate surface area is 160 Å². The second-order valence-corrected chi connectivity index (χ2v) is 6.80. The molecule has 0 atom stereocenters. The average molecular weight is 350 g/mol. The summed E-state index contributed by atoms with van der Waals surface area (Å²) in [6.07, 6.45) is 0. The monoisotopic (exact) mass is 350 g/mol. The molecule has 0 bridgehead atoms. The minimum Gasteiger partial charge on any atom is -0.378 e. The van der Waals surface area contributed by atoms with E-state index in [-0.39, 0.29) is 0 Å². The van der Waals surface area contributed by atoms with Gasteiger partial charge in [-0.25, -0.2) is 4.98 Å². The van der Waals surface area contributed by atoms with Crippen LogP contribution in [0, 0.1) is 0 Å². The lowest BCUT2D eigenvalue weighted by Crippen LogP contribution is -2.07. The van der Waals surface area contributed by atoms with Crippen LogP contribution in [0.15, 0.2) is 97.1 Å². The minimum absolute atomic E-state index is 0.989. The Bertz CT molecular complexity index is 963. The topological polar surface area (TPSA) is 16.1 Å². The van der Waals surface area contributed by atoms with Gasteiger partial charge in [0.15, 0.2) is 0 Å². The molecule has 4 rings (SSSR count). The van der Waals surface area contributed by atoms with Crippen LogP contribution < -0.4 is 4.90 Å². The highest BCUT2D eigenvalue weighted by Crippen LogP contribution is 2.30. The molecule has 0 aliphatic rings. The van der Waals surface area contributed by atoms with Gasteiger partial charge < -0.3 is 4.90 Å². The summed E-state index contributed by atoms with van der Waals surface area (Å²) < 4.78 is 0. The van der Waals surface area contributed by atoms with Gasteiger partial charge in [0, 0.05) is 30.9 Å². The Kier molecular flexibility index (Phi) is 4.71. The quantitative estimate of drug-likeness (QED) is 0.439. The van der Waals surface area contributed by atoms with Crippen molar-refractivity contribution in [1.29, 1.82) is 0 Å². The number of benzene rings is 3. The number of hydrogen-bond acceptors (Lipinski definition) is 2. The summed E-state index contributed by atoms with van der Waals surface area (Å²) in [7, 11) is 4.12. The first-order chi connectivity index (χ1) is 13.2. The van der Waals surface area contributed by atoms with Gasteiger partial charge in [-0.15, -0.1) is 0 Å². The van der Waals surface area contributed by atoms with Crippen molar-refractivity contribution >= 4 is 5.69 Å². The van der Waals surface area contributed by atoms with Crippen molar-refractivity contribution < 1.29 is 0 Å². The van der Waals surface area contributed by atoms with Gasteiger partial charge in [-0.1, -0.05) is 72.8 Å². The number of rotatable bonds is 4. The van der Waals surface area contributed by atoms with Crippen LogP contribution in [-0.4, -0.2) is 19.1 Å². The summed E-state index contributed by atoms with van der Waals surface area (Å²) in [6.45, 7) is 0. The van der Waals surface area contributed by atoms with Crippen LogP contribution in [0.25, 0.3) is 33.6 Å². The van der Waals surface area contributed by atoms with Gasteiger partial charge in [-0.05, 0) is 35.4 Å². The zero-order valence-corrected chi connectivity index (χ0v) is 15.6. The van der Waals surface area contributed by atoms with Crippen molar-refractivity contribution in [3.63, 3.8) is 0 Å². The van der Waals surface area contributed by atoms with E-state index in [1.807, 2.05) is 12.1 Å². The smallest absolute Gasteiger partial charge is 0.0715 e. The summed E-state index contributed by atoms with van der Waals surface area (Å²) in [5.41, 5.74) is 7.79. The summed E-state index contributed by atoms with van der Waals surface area (Å²) in [5.74, 6) is 0. The van der Waals surface area contributed by atoms with Crippen molar-refractivity contribution in [2.75, 3.05) is 19.0 Å². The second-order valence-electron chi connectivity index (χ2n) is 6.80. The zero-order chi connectivity index (χ0) is 18.6. The molecule has 0 saturated carbocycles. The first kappa shape index (κ1) is 17.0. The molecule has 2 nitrogen and oxygen atoms in total. The van der Waals surface area contributed by atoms with Crippen LogP contribution in [0.4, 0.5) is 5.69 Å². The molecule has 2 heteroatoms. The maximum Gasteiger partial charge on any atom is 0.0715 e. The van der Waals surface area contributed by atoms with E-state index in [2.05, 4.69) is 104 Å². The minimum atomic E-state index is 0.989. The maximum absolute atomic E-state index is 4.94. The normalized spacial score (nSPS) is 10.6. The third-order valence-electron chi connectivity index (χ3n) is 4.68. The van der Waals surface area contributed by atoms with E-state index in [0.717, 1.165) is 22.5 Å². The van der Waals surface area contributed by atoms with E-state index in [4.69, 9.17) is 4.98 Å². The van der Waals surface area contributed by atoms with Crippen molar-refractivity contribution in [2.45, 2.75) is 0 Å². The molecule has 0 spiro atoms. The number of nitrogens with zero attached hydrogens (tertiary/aromatic N) is 2. The average Bonchev–Trinajstić information content (AvgIpc) is 2.75. The van der Waals surface area contributed by atoms with Crippen LogP contribution in [0.2, 0.25) is 0 Å². The highest BCUT2D eigenvalue weighted by Gasteiger charge is 2.09. The highest BCUT2D eigenvalue weighted by molar-refractivity contribution is 5.77. The van der Waals surface area contributed by atoms with Crippen molar-refractivity contribution in [3.8, 4) is 33.6 Å². The predicted molar refractivity (Wildman–Crippen MR) is 115 cm³/mol. The van der Waals surface area contributed by atoms with Gasteiger partial charge in [0.25, 0.3) is 0 Å². The molecule has 0 aliphatic heterocycles. The number of pyridine rings is 1. The highest BCUT2D eigenvalue weighted by atomic mass is 15.1. The molecular formula is C25H22N2. The molecule has 132 valence electrons. The lowest BCUT2D eigenvalue weighted by atomic mass is 10.00. The third-order valence-corrected chi connectivity index (χ3v) is 4.68. The van der Waals surface area contributed by atoms with Gasteiger partial charge in [-0.3, -0.25) is 0 Å². The van der Waals surface area contributed by atoms with E-state index in [9.17, 15) is 0 Å². The standard InChI is InChI=1S/C25H22N2/c1-27(2)23-15-13-19(14-16-23)22-17-24(20-9-5-3-6-10-20)26-25(18-22)21-11-7-4-8-12-21/h3-18H,1-2H3. The number of anilines is 1. The summed E-state index contributed by atoms with van der Waals surface area (Å²) in [4.78, 5) is 7.05. The van der Waals surface area contributed by atoms with Crippen LogP contribution in [0.3, 0.4) is 0 Å². The third kappa shape index (κ3) is 3.75. The lowest BCUT2D eigenvalue weighted by molar-refractivity contribution is 1.13. The second kappa shape index (κ2) is 7.46. The Morgan fingerprint density at radius 1 is 0.519 bits per heavy atom. The summed E-state index contributed by atoms with van der Waals surface area (Å²) in [5, 5.41) is 0. The van der Waals surface area contributed by atoms with Crippen LogP contribution >= 0.6 is 0 Å². The summed E-state index contributed by atoms with van der Waals surface area (Å²) >= 11 is 0. The van der Waals surface area contributed by atoms with Crippen molar-refractivity contribution in [3.05, 3.63) is 97.1 Å². The van der Waals surface area contributed by atoms with E-state index in [0.29, 0.717) is 0 Å². The molecule has 4 aromatic rings. The molecule has 1 heterocycles. The van der Waals surface area contributed by atoms with Gasteiger partial charge >= 0.3 is 0 Å². The van der Waals surface area contributed by atoms with E-state index in [1.54, 1.807) is 0 Å². The largest absolute Gasteiger partial charge is 0.378 e. The van der Waals surface area contributed by atoms with E-state index >= 15 is 0 Å². The Morgan fingerprint density at radius 3 is 1.44 bits per heavy atom. The molecule has 1 aromatic heterocycles. The zero-order valence-electron chi connectivity index (χ0n) is 15.6. The van der Waals surface area contributed by atoms with E-state index < -0.39 is 0 Å². The molecule has 0 aliphatic carbocycles. The Balaban J connectivity index is 1.85. The Morgan fingerprint density at radius 2 is 1.00 bits per heavy atom. The van der Waals surface area contributed by atoms with Gasteiger partial charge in [0.05, 0.1) is 11.4 Å². The number of aromatic nitrogens is 1. The van der Waals surface area contributed by atoms with Crippen LogP contribution in [0.1, 0.15) is 0 Å². The first-order valence-electron chi connectivity index (χ1n) is 9.11. The molecule has 27 heavy (non-hydrogen) atoms. The molecule has 0 fully saturated rings. The van der Waals surface area contributed by atoms with E-state index in [1.165, 1.54) is 16.8 Å². The van der Waals surface area contributed by atoms with Gasteiger partial charge in [0.2, 0.25) is 0 Å². The van der Waals surface area contributed by atoms with Crippen LogP contribution in [-0.2, 0) is 0 Å². The van der Waals surface area contributed by atoms with Gasteiger partial charge in [-0.2, -0.15) is 0 Å². The molecule has 3 aromatic carbocycles. The van der Waals surface area contributed by atoms with Crippen molar-refractivity contribution in [2.24, 2.45) is 0 Å². The molecule has 0 N–H and O–H groups in total. The van der Waals surface area contributed by atoms with Crippen LogP contribution in [0.5, 0.6) is 0 Å². The molecule has 0 unspecified atom stereocenters. The molecule has 0 amide bonds. The summed E-state index contributed by atoms with van der Waals surface area (Å²) in [6, 6.07) is 33.7. The fourth-order valence-corrected chi connectivity index (χ4v) is 3.16.